The van der Waals surface area contributed by atoms with Crippen molar-refractivity contribution in [2.45, 2.75) is 122 Å². The monoisotopic (exact) mass is 958 g/mol. The topological polar surface area (TPSA) is 137 Å². The molecule has 1 aliphatic carbocycles. The van der Waals surface area contributed by atoms with Gasteiger partial charge in [-0.2, -0.15) is 9.97 Å². The highest BCUT2D eigenvalue weighted by atomic mass is 19.1. The number of anilines is 1. The lowest BCUT2D eigenvalue weighted by Crippen LogP contribution is -2.56. The summed E-state index contributed by atoms with van der Waals surface area (Å²) in [7, 11) is 0. The molecule has 5 aliphatic rings. The van der Waals surface area contributed by atoms with Crippen LogP contribution in [0.3, 0.4) is 0 Å². The maximum atomic E-state index is 17.6. The Morgan fingerprint density at radius 3 is 2.40 bits per heavy atom. The summed E-state index contributed by atoms with van der Waals surface area (Å²) < 4.78 is 71.4. The van der Waals surface area contributed by atoms with E-state index in [9.17, 15) is 18.8 Å². The third-order valence-electron chi connectivity index (χ3n) is 14.9. The summed E-state index contributed by atoms with van der Waals surface area (Å²) in [6.45, 7) is 6.95. The smallest absolute Gasteiger partial charge is 0.410 e. The predicted molar refractivity (Wildman–Crippen MR) is 256 cm³/mol. The van der Waals surface area contributed by atoms with Crippen molar-refractivity contribution in [3.8, 4) is 41.1 Å². The van der Waals surface area contributed by atoms with Gasteiger partial charge in [-0.25, -0.2) is 18.0 Å². The van der Waals surface area contributed by atoms with Crippen molar-refractivity contribution >= 4 is 45.5 Å². The van der Waals surface area contributed by atoms with Crippen LogP contribution in [0.2, 0.25) is 0 Å². The van der Waals surface area contributed by atoms with Crippen LogP contribution in [0.4, 0.5) is 23.8 Å². The molecule has 5 fully saturated rings. The van der Waals surface area contributed by atoms with Gasteiger partial charge in [0.15, 0.2) is 5.82 Å². The number of halogens is 3. The first kappa shape index (κ1) is 47.2. The van der Waals surface area contributed by atoms with E-state index in [1.807, 2.05) is 4.90 Å². The Balaban J connectivity index is 0.929. The zero-order chi connectivity index (χ0) is 48.9. The molecule has 70 heavy (non-hydrogen) atoms. The summed E-state index contributed by atoms with van der Waals surface area (Å²) in [6.07, 6.45) is 15.2. The fourth-order valence-electron chi connectivity index (χ4n) is 11.3. The molecule has 0 spiro atoms. The van der Waals surface area contributed by atoms with Gasteiger partial charge in [-0.05, 0) is 107 Å². The van der Waals surface area contributed by atoms with Crippen molar-refractivity contribution in [1.82, 2.24) is 24.8 Å². The van der Waals surface area contributed by atoms with Gasteiger partial charge < -0.3 is 23.8 Å². The van der Waals surface area contributed by atoms with E-state index < -0.39 is 40.8 Å². The van der Waals surface area contributed by atoms with Gasteiger partial charge in [-0.3, -0.25) is 24.4 Å². The maximum Gasteiger partial charge on any atom is 0.410 e. The third-order valence-corrected chi connectivity index (χ3v) is 14.9. The highest BCUT2D eigenvalue weighted by molar-refractivity contribution is 6.03. The first-order valence-electron chi connectivity index (χ1n) is 24.5. The fourth-order valence-corrected chi connectivity index (χ4v) is 11.3. The van der Waals surface area contributed by atoms with Crippen molar-refractivity contribution < 1.29 is 46.5 Å². The number of amides is 1. The Bertz CT molecular complexity index is 2880. The summed E-state index contributed by atoms with van der Waals surface area (Å²) >= 11 is 0. The number of ether oxygens (including phenoxy) is 4. The fraction of sp³-hybridized carbons (Fsp3) is 0.481. The molecule has 2 unspecified atom stereocenters. The lowest BCUT2D eigenvalue weighted by Gasteiger charge is -2.41. The first-order chi connectivity index (χ1) is 33.7. The molecule has 366 valence electrons. The Labute approximate surface area is 405 Å². The number of alkyl halides is 1. The molecule has 4 aliphatic heterocycles. The molecule has 4 saturated heterocycles. The molecule has 3 aromatic carbocycles. The number of hydrogen-bond donors (Lipinski definition) is 0. The van der Waals surface area contributed by atoms with Crippen LogP contribution in [0.5, 0.6) is 17.5 Å². The summed E-state index contributed by atoms with van der Waals surface area (Å²) in [5.74, 6) is 1.51. The van der Waals surface area contributed by atoms with Gasteiger partial charge in [0.25, 0.3) is 0 Å². The van der Waals surface area contributed by atoms with E-state index in [0.717, 1.165) is 31.4 Å². The molecule has 2 aromatic heterocycles. The number of carbonyl (C=O) groups excluding carboxylic acids is 3. The minimum atomic E-state index is -1.000. The van der Waals surface area contributed by atoms with Crippen molar-refractivity contribution in [2.75, 3.05) is 37.7 Å². The SMILES string of the molecule is C#Cc1c(F)ccc2cc(OC(=O)C(C)(C)C)cc(-c3ncc4c(N5CC6CCC(C5)N6C(=O)OCc5ccc(OC(=O)CCC6CCCC6)cc5)nc(OC[C@@]56CCCN5C[C@H](F)C6)nc4c3F)c12. The van der Waals surface area contributed by atoms with Crippen molar-refractivity contribution in [2.24, 2.45) is 11.3 Å². The number of aromatic nitrogens is 3. The standard InChI is InChI=1S/C54H57F3N6O7/c1-5-40-43(56)19-14-34-23-39(70-50(65)53(2,3)4)24-41(45(34)40)47-46(57)48-42(26-58-47)49(60-51(59-48)68-31-54-21-8-22-62(54)27-35(55)25-54)61-28-36-15-16-37(29-61)63(36)52(66)67-30-33-11-17-38(18-12-33)69-44(64)20-13-32-9-6-7-10-32/h1,11-12,14,17-19,23-24,26,32,35-37H,6-10,13,15-16,20-22,25,27-31H2,2-4H3/t35-,36?,37?,54+/m1/s1. The Kier molecular flexibility index (Phi) is 12.8. The summed E-state index contributed by atoms with van der Waals surface area (Å²) in [4.78, 5) is 59.4. The van der Waals surface area contributed by atoms with Crippen LogP contribution in [0.25, 0.3) is 32.9 Å². The lowest BCUT2D eigenvalue weighted by molar-refractivity contribution is -0.143. The second-order valence-electron chi connectivity index (χ2n) is 20.7. The normalized spacial score (nSPS) is 22.4. The number of piperazine rings is 1. The van der Waals surface area contributed by atoms with Crippen LogP contribution in [0.15, 0.2) is 54.7 Å². The Hall–Kier alpha value is -6.47. The van der Waals surface area contributed by atoms with Crippen LogP contribution >= 0.6 is 0 Å². The molecule has 2 bridgehead atoms. The van der Waals surface area contributed by atoms with E-state index in [1.165, 1.54) is 50.1 Å². The van der Waals surface area contributed by atoms with Crippen LogP contribution in [0, 0.1) is 35.3 Å². The van der Waals surface area contributed by atoms with Crippen molar-refractivity contribution in [3.05, 3.63) is 77.5 Å². The minimum absolute atomic E-state index is 0.0215. The van der Waals surface area contributed by atoms with E-state index in [1.54, 1.807) is 56.0 Å². The van der Waals surface area contributed by atoms with Crippen LogP contribution in [-0.2, 0) is 20.9 Å². The molecular formula is C54H57F3N6O7. The van der Waals surface area contributed by atoms with Gasteiger partial charge in [-0.1, -0.05) is 49.8 Å². The molecular weight excluding hydrogens is 902 g/mol. The molecule has 5 aromatic rings. The first-order valence-corrected chi connectivity index (χ1v) is 24.5. The second kappa shape index (κ2) is 19.0. The van der Waals surface area contributed by atoms with Crippen molar-refractivity contribution in [1.29, 1.82) is 0 Å². The van der Waals surface area contributed by atoms with Crippen LogP contribution in [-0.4, -0.2) is 99.4 Å². The van der Waals surface area contributed by atoms with Crippen LogP contribution < -0.4 is 19.1 Å². The molecule has 0 radical (unpaired) electrons. The summed E-state index contributed by atoms with van der Waals surface area (Å²) in [6, 6.07) is 12.0. The Morgan fingerprint density at radius 1 is 0.914 bits per heavy atom. The van der Waals surface area contributed by atoms with Gasteiger partial charge in [0, 0.05) is 49.6 Å². The van der Waals surface area contributed by atoms with E-state index in [-0.39, 0.29) is 76.1 Å². The van der Waals surface area contributed by atoms with E-state index in [4.69, 9.17) is 30.4 Å². The van der Waals surface area contributed by atoms with Gasteiger partial charge in [0.1, 0.15) is 53.7 Å². The average Bonchev–Trinajstić information content (AvgIpc) is 4.12. The third kappa shape index (κ3) is 9.32. The molecule has 4 atom stereocenters. The number of fused-ring (bicyclic) bond motifs is 5. The van der Waals surface area contributed by atoms with E-state index >= 15 is 8.78 Å². The molecule has 10 rings (SSSR count). The number of hydrogen-bond acceptors (Lipinski definition) is 12. The number of terminal acetylenes is 1. The quantitative estimate of drug-likeness (QED) is 0.0669. The second-order valence-corrected chi connectivity index (χ2v) is 20.7. The summed E-state index contributed by atoms with van der Waals surface area (Å²) in [5, 5.41) is 0.854. The maximum absolute atomic E-state index is 17.6. The van der Waals surface area contributed by atoms with Gasteiger partial charge >= 0.3 is 24.0 Å². The Morgan fingerprint density at radius 2 is 1.67 bits per heavy atom. The number of benzene rings is 3. The highest BCUT2D eigenvalue weighted by Gasteiger charge is 2.50. The largest absolute Gasteiger partial charge is 0.461 e. The molecule has 1 amide bonds. The van der Waals surface area contributed by atoms with Gasteiger partial charge in [-0.15, -0.1) is 6.42 Å². The zero-order valence-corrected chi connectivity index (χ0v) is 39.8. The number of carbonyl (C=O) groups is 3. The molecule has 6 heterocycles. The van der Waals surface area contributed by atoms with Gasteiger partial charge in [0.2, 0.25) is 0 Å². The van der Waals surface area contributed by atoms with Crippen molar-refractivity contribution in [3.63, 3.8) is 0 Å². The molecule has 13 nitrogen and oxygen atoms in total. The number of pyridine rings is 1. The van der Waals surface area contributed by atoms with Gasteiger partial charge in [0.05, 0.1) is 34.0 Å². The minimum Gasteiger partial charge on any atom is -0.461 e. The zero-order valence-electron chi connectivity index (χ0n) is 39.8. The van der Waals surface area contributed by atoms with E-state index in [2.05, 4.69) is 20.8 Å². The number of esters is 2. The predicted octanol–water partition coefficient (Wildman–Crippen LogP) is 9.88. The van der Waals surface area contributed by atoms with Crippen LogP contribution in [0.1, 0.15) is 103 Å². The van der Waals surface area contributed by atoms with E-state index in [0.29, 0.717) is 68.2 Å². The number of nitrogens with zero attached hydrogens (tertiary/aromatic N) is 6. The average molecular weight is 959 g/mol. The lowest BCUT2D eigenvalue weighted by atomic mass is 9.95. The molecule has 16 heteroatoms. The molecule has 1 saturated carbocycles. The number of rotatable bonds is 12. The summed E-state index contributed by atoms with van der Waals surface area (Å²) in [5.41, 5.74) is -1.08. The highest BCUT2D eigenvalue weighted by Crippen LogP contribution is 2.43. The molecule has 0 N–H and O–H groups in total.